The molecule has 1 aromatic rings. The highest BCUT2D eigenvalue weighted by molar-refractivity contribution is 6.30. The van der Waals surface area contributed by atoms with E-state index in [4.69, 9.17) is 16.3 Å². The third kappa shape index (κ3) is 3.17. The SMILES string of the molecule is C[C@@H](CN1C(=O)N[C@H](C)C1=O)Oc1cccc(Cl)c1. The summed E-state index contributed by atoms with van der Waals surface area (Å²) < 4.78 is 5.63. The van der Waals surface area contributed by atoms with Crippen molar-refractivity contribution in [3.8, 4) is 5.75 Å². The highest BCUT2D eigenvalue weighted by Crippen LogP contribution is 2.19. The predicted octanol–water partition coefficient (Wildman–Crippen LogP) is 2.05. The summed E-state index contributed by atoms with van der Waals surface area (Å²) in [7, 11) is 0. The lowest BCUT2D eigenvalue weighted by Gasteiger charge is -2.19. The molecule has 102 valence electrons. The van der Waals surface area contributed by atoms with Crippen molar-refractivity contribution in [3.05, 3.63) is 29.3 Å². The van der Waals surface area contributed by atoms with Crippen molar-refractivity contribution >= 4 is 23.5 Å². The number of nitrogens with one attached hydrogen (secondary N) is 1. The molecule has 19 heavy (non-hydrogen) atoms. The van der Waals surface area contributed by atoms with E-state index in [1.165, 1.54) is 4.90 Å². The maximum atomic E-state index is 11.7. The number of carbonyl (C=O) groups excluding carboxylic acids is 2. The normalized spacial score (nSPS) is 20.4. The third-order valence-electron chi connectivity index (χ3n) is 2.79. The second-order valence-electron chi connectivity index (χ2n) is 4.51. The number of ether oxygens (including phenoxy) is 1. The lowest BCUT2D eigenvalue weighted by Crippen LogP contribution is -2.38. The first-order chi connectivity index (χ1) is 8.97. The zero-order chi connectivity index (χ0) is 14.0. The number of hydrogen-bond donors (Lipinski definition) is 1. The first kappa shape index (κ1) is 13.7. The Morgan fingerprint density at radius 1 is 1.47 bits per heavy atom. The third-order valence-corrected chi connectivity index (χ3v) is 3.03. The highest BCUT2D eigenvalue weighted by atomic mass is 35.5. The fraction of sp³-hybridized carbons (Fsp3) is 0.385. The molecule has 2 atom stereocenters. The first-order valence-corrected chi connectivity index (χ1v) is 6.39. The molecule has 1 heterocycles. The zero-order valence-corrected chi connectivity index (χ0v) is 11.5. The van der Waals surface area contributed by atoms with Gasteiger partial charge in [0.15, 0.2) is 0 Å². The smallest absolute Gasteiger partial charge is 0.324 e. The van der Waals surface area contributed by atoms with Crippen molar-refractivity contribution in [1.29, 1.82) is 0 Å². The summed E-state index contributed by atoms with van der Waals surface area (Å²) in [5, 5.41) is 3.13. The van der Waals surface area contributed by atoms with Crippen LogP contribution in [0.25, 0.3) is 0 Å². The Labute approximate surface area is 116 Å². The van der Waals surface area contributed by atoms with Crippen LogP contribution >= 0.6 is 11.6 Å². The van der Waals surface area contributed by atoms with Gasteiger partial charge in [-0.3, -0.25) is 9.69 Å². The van der Waals surface area contributed by atoms with Gasteiger partial charge in [0.25, 0.3) is 5.91 Å². The van der Waals surface area contributed by atoms with Gasteiger partial charge in [0.2, 0.25) is 0 Å². The van der Waals surface area contributed by atoms with Gasteiger partial charge in [-0.15, -0.1) is 0 Å². The lowest BCUT2D eigenvalue weighted by atomic mass is 10.3. The molecule has 1 fully saturated rings. The second-order valence-corrected chi connectivity index (χ2v) is 4.94. The van der Waals surface area contributed by atoms with Crippen molar-refractivity contribution in [1.82, 2.24) is 10.2 Å². The van der Waals surface area contributed by atoms with Crippen molar-refractivity contribution < 1.29 is 14.3 Å². The van der Waals surface area contributed by atoms with Crippen LogP contribution in [0.15, 0.2) is 24.3 Å². The van der Waals surface area contributed by atoms with Crippen LogP contribution in [-0.4, -0.2) is 35.5 Å². The molecule has 1 N–H and O–H groups in total. The van der Waals surface area contributed by atoms with Crippen LogP contribution in [-0.2, 0) is 4.79 Å². The van der Waals surface area contributed by atoms with Crippen molar-refractivity contribution in [2.75, 3.05) is 6.54 Å². The molecule has 1 saturated heterocycles. The van der Waals surface area contributed by atoms with Gasteiger partial charge >= 0.3 is 6.03 Å². The number of hydrogen-bond acceptors (Lipinski definition) is 3. The summed E-state index contributed by atoms with van der Waals surface area (Å²) >= 11 is 5.86. The van der Waals surface area contributed by atoms with Gasteiger partial charge < -0.3 is 10.1 Å². The van der Waals surface area contributed by atoms with Crippen molar-refractivity contribution in [2.24, 2.45) is 0 Å². The Hall–Kier alpha value is -1.75. The van der Waals surface area contributed by atoms with Crippen LogP contribution in [0.3, 0.4) is 0 Å². The molecule has 6 heteroatoms. The van der Waals surface area contributed by atoms with Gasteiger partial charge in [-0.05, 0) is 32.0 Å². The molecule has 0 bridgehead atoms. The largest absolute Gasteiger partial charge is 0.489 e. The number of benzene rings is 1. The van der Waals surface area contributed by atoms with Crippen molar-refractivity contribution in [3.63, 3.8) is 0 Å². The minimum Gasteiger partial charge on any atom is -0.489 e. The van der Waals surface area contributed by atoms with Crippen LogP contribution in [0.4, 0.5) is 4.79 Å². The maximum absolute atomic E-state index is 11.7. The van der Waals surface area contributed by atoms with E-state index in [1.54, 1.807) is 38.1 Å². The van der Waals surface area contributed by atoms with Gasteiger partial charge in [0.05, 0.1) is 6.54 Å². The number of nitrogens with zero attached hydrogens (tertiary/aromatic N) is 1. The minimum absolute atomic E-state index is 0.210. The molecule has 0 aromatic heterocycles. The van der Waals surface area contributed by atoms with Gasteiger partial charge in [0, 0.05) is 5.02 Å². The molecular weight excluding hydrogens is 268 g/mol. The number of halogens is 1. The Kier molecular flexibility index (Phi) is 3.95. The van der Waals surface area contributed by atoms with Gasteiger partial charge in [-0.25, -0.2) is 4.79 Å². The van der Waals surface area contributed by atoms with Gasteiger partial charge in [-0.2, -0.15) is 0 Å². The molecule has 5 nitrogen and oxygen atoms in total. The number of imide groups is 1. The van der Waals surface area contributed by atoms with E-state index in [1.807, 2.05) is 0 Å². The number of urea groups is 1. The summed E-state index contributed by atoms with van der Waals surface area (Å²) in [5.41, 5.74) is 0. The maximum Gasteiger partial charge on any atom is 0.324 e. The summed E-state index contributed by atoms with van der Waals surface area (Å²) in [5.74, 6) is 0.381. The molecule has 0 spiro atoms. The first-order valence-electron chi connectivity index (χ1n) is 6.01. The van der Waals surface area contributed by atoms with E-state index < -0.39 is 6.04 Å². The Morgan fingerprint density at radius 3 is 2.79 bits per heavy atom. The Bertz CT molecular complexity index is 506. The monoisotopic (exact) mass is 282 g/mol. The van der Waals surface area contributed by atoms with E-state index in [0.717, 1.165) is 0 Å². The van der Waals surface area contributed by atoms with Crippen molar-refractivity contribution in [2.45, 2.75) is 26.0 Å². The van der Waals surface area contributed by atoms with Gasteiger partial charge in [0.1, 0.15) is 17.9 Å². The molecule has 0 radical (unpaired) electrons. The fourth-order valence-electron chi connectivity index (χ4n) is 1.90. The van der Waals surface area contributed by atoms with E-state index in [-0.39, 0.29) is 24.6 Å². The summed E-state index contributed by atoms with van der Waals surface area (Å²) in [4.78, 5) is 24.4. The van der Waals surface area contributed by atoms with Gasteiger partial charge in [-0.1, -0.05) is 17.7 Å². The molecule has 2 rings (SSSR count). The van der Waals surface area contributed by atoms with E-state index >= 15 is 0 Å². The van der Waals surface area contributed by atoms with Crippen LogP contribution < -0.4 is 10.1 Å². The molecule has 1 aromatic carbocycles. The number of rotatable bonds is 4. The summed E-state index contributed by atoms with van der Waals surface area (Å²) in [6.45, 7) is 3.66. The number of amides is 3. The summed E-state index contributed by atoms with van der Waals surface area (Å²) in [6.07, 6.45) is -0.307. The summed E-state index contributed by atoms with van der Waals surface area (Å²) in [6, 6.07) is 6.15. The predicted molar refractivity (Wildman–Crippen MR) is 71.2 cm³/mol. The van der Waals surface area contributed by atoms with E-state index in [2.05, 4.69) is 5.32 Å². The molecule has 3 amide bonds. The molecule has 0 saturated carbocycles. The molecule has 0 aliphatic carbocycles. The highest BCUT2D eigenvalue weighted by Gasteiger charge is 2.35. The lowest BCUT2D eigenvalue weighted by molar-refractivity contribution is -0.127. The quantitative estimate of drug-likeness (QED) is 0.860. The van der Waals surface area contributed by atoms with Crippen LogP contribution in [0.1, 0.15) is 13.8 Å². The second kappa shape index (κ2) is 5.48. The molecular formula is C13H15ClN2O3. The molecule has 1 aliphatic rings. The molecule has 0 unspecified atom stereocenters. The molecule has 1 aliphatic heterocycles. The average molecular weight is 283 g/mol. The number of carbonyl (C=O) groups is 2. The van der Waals surface area contributed by atoms with E-state index in [9.17, 15) is 9.59 Å². The minimum atomic E-state index is -0.467. The fourth-order valence-corrected chi connectivity index (χ4v) is 2.08. The van der Waals surface area contributed by atoms with Crippen LogP contribution in [0, 0.1) is 0 Å². The topological polar surface area (TPSA) is 58.6 Å². The Balaban J connectivity index is 1.96. The standard InChI is InChI=1S/C13H15ClN2O3/c1-8(19-11-5-3-4-10(14)6-11)7-16-12(17)9(2)15-13(16)18/h3-6,8-9H,7H2,1-2H3,(H,15,18)/t8-,9+/m0/s1. The van der Waals surface area contributed by atoms with Crippen LogP contribution in [0.2, 0.25) is 5.02 Å². The zero-order valence-electron chi connectivity index (χ0n) is 10.7. The van der Waals surface area contributed by atoms with Crippen LogP contribution in [0.5, 0.6) is 5.75 Å². The Morgan fingerprint density at radius 2 is 2.21 bits per heavy atom. The average Bonchev–Trinajstić information content (AvgIpc) is 2.56. The van der Waals surface area contributed by atoms with E-state index in [0.29, 0.717) is 10.8 Å².